The van der Waals surface area contributed by atoms with Gasteiger partial charge in [-0.05, 0) is 24.8 Å². The first kappa shape index (κ1) is 25.7. The molecule has 4 heterocycles. The molecule has 0 spiro atoms. The van der Waals surface area contributed by atoms with Gasteiger partial charge in [0.2, 0.25) is 17.6 Å². The molecule has 2 saturated heterocycles. The van der Waals surface area contributed by atoms with Crippen LogP contribution in [0.25, 0.3) is 22.3 Å². The van der Waals surface area contributed by atoms with Crippen molar-refractivity contribution in [2.75, 3.05) is 46.5 Å². The molecule has 2 fully saturated rings. The number of rotatable bonds is 8. The lowest BCUT2D eigenvalue weighted by molar-refractivity contribution is -0.150. The Labute approximate surface area is 219 Å². The predicted molar refractivity (Wildman–Crippen MR) is 136 cm³/mol. The number of benzene rings is 1. The number of nitrogens with zero attached hydrogens (tertiary/aromatic N) is 5. The Kier molecular flexibility index (Phi) is 7.75. The van der Waals surface area contributed by atoms with Crippen LogP contribution in [0.5, 0.6) is 0 Å². The van der Waals surface area contributed by atoms with Gasteiger partial charge in [0.15, 0.2) is 0 Å². The maximum absolute atomic E-state index is 12.3. The van der Waals surface area contributed by atoms with Crippen LogP contribution in [0.15, 0.2) is 28.9 Å². The number of piperazine rings is 1. The molecule has 2 aliphatic rings. The number of fused-ring (bicyclic) bond motifs is 1. The van der Waals surface area contributed by atoms with Crippen molar-refractivity contribution in [1.29, 1.82) is 0 Å². The Hall–Kier alpha value is -2.99. The third kappa shape index (κ3) is 5.64. The summed E-state index contributed by atoms with van der Waals surface area (Å²) in [5, 5.41) is 5.92. The van der Waals surface area contributed by atoms with Gasteiger partial charge in [0, 0.05) is 56.5 Å². The first-order chi connectivity index (χ1) is 17.9. The summed E-state index contributed by atoms with van der Waals surface area (Å²) < 4.78 is 18.3. The van der Waals surface area contributed by atoms with Gasteiger partial charge in [0.25, 0.3) is 0 Å². The maximum Gasteiger partial charge on any atom is 0.324 e. The van der Waals surface area contributed by atoms with Crippen LogP contribution in [0.2, 0.25) is 5.02 Å². The Balaban J connectivity index is 1.35. The van der Waals surface area contributed by atoms with E-state index in [4.69, 9.17) is 31.3 Å². The topological polar surface area (TPSA) is 129 Å². The van der Waals surface area contributed by atoms with Gasteiger partial charge >= 0.3 is 5.97 Å². The van der Waals surface area contributed by atoms with Crippen molar-refractivity contribution in [3.63, 3.8) is 0 Å². The molecule has 5 rings (SSSR count). The fraction of sp³-hybridized carbons (Fsp3) is 0.520. The molecular formula is C25H31ClN6O5. The number of nitrogens with two attached hydrogens (primary N) is 1. The summed E-state index contributed by atoms with van der Waals surface area (Å²) in [5.41, 5.74) is 7.17. The van der Waals surface area contributed by atoms with Gasteiger partial charge in [-0.25, -0.2) is 0 Å². The largest absolute Gasteiger partial charge is 0.468 e. The van der Waals surface area contributed by atoms with E-state index in [1.807, 2.05) is 23.1 Å². The van der Waals surface area contributed by atoms with Crippen molar-refractivity contribution in [3.05, 3.63) is 35.3 Å². The lowest BCUT2D eigenvalue weighted by atomic mass is 10.0. The van der Waals surface area contributed by atoms with Crippen LogP contribution in [-0.2, 0) is 32.2 Å². The van der Waals surface area contributed by atoms with Gasteiger partial charge in [0.1, 0.15) is 6.04 Å². The third-order valence-electron chi connectivity index (χ3n) is 7.12. The van der Waals surface area contributed by atoms with Crippen LogP contribution < -0.4 is 5.73 Å². The zero-order valence-electron chi connectivity index (χ0n) is 20.8. The third-order valence-corrected chi connectivity index (χ3v) is 7.43. The molecule has 1 amide bonds. The smallest absolute Gasteiger partial charge is 0.324 e. The summed E-state index contributed by atoms with van der Waals surface area (Å²) in [6.07, 6.45) is 4.09. The molecule has 2 N–H and O–H groups in total. The van der Waals surface area contributed by atoms with E-state index in [1.54, 1.807) is 4.90 Å². The number of carbonyl (C=O) groups is 2. The fourth-order valence-corrected chi connectivity index (χ4v) is 5.52. The highest BCUT2D eigenvalue weighted by Gasteiger charge is 2.34. The molecule has 2 aromatic heterocycles. The molecule has 2 aliphatic heterocycles. The number of aromatic nitrogens is 3. The molecule has 198 valence electrons. The molecule has 0 bridgehead atoms. The van der Waals surface area contributed by atoms with Crippen molar-refractivity contribution in [3.8, 4) is 11.4 Å². The number of para-hydroxylation sites is 1. The van der Waals surface area contributed by atoms with Crippen molar-refractivity contribution in [1.82, 2.24) is 24.5 Å². The van der Waals surface area contributed by atoms with E-state index in [0.29, 0.717) is 48.8 Å². The zero-order chi connectivity index (χ0) is 25.9. The zero-order valence-corrected chi connectivity index (χ0v) is 21.5. The summed E-state index contributed by atoms with van der Waals surface area (Å²) in [4.78, 5) is 32.2. The van der Waals surface area contributed by atoms with E-state index in [1.165, 1.54) is 7.11 Å². The normalized spacial score (nSPS) is 19.9. The molecule has 0 saturated carbocycles. The fourth-order valence-electron chi connectivity index (χ4n) is 5.23. The molecule has 37 heavy (non-hydrogen) atoms. The molecule has 0 radical (unpaired) electrons. The van der Waals surface area contributed by atoms with Gasteiger partial charge in [-0.1, -0.05) is 28.9 Å². The molecule has 11 nitrogen and oxygen atoms in total. The quantitative estimate of drug-likeness (QED) is 0.434. The molecule has 0 aliphatic carbocycles. The summed E-state index contributed by atoms with van der Waals surface area (Å²) >= 11 is 6.62. The highest BCUT2D eigenvalue weighted by molar-refractivity contribution is 6.35. The number of ether oxygens (including phenoxy) is 2. The van der Waals surface area contributed by atoms with Gasteiger partial charge < -0.3 is 24.3 Å². The minimum atomic E-state index is -0.598. The summed E-state index contributed by atoms with van der Waals surface area (Å²) in [5.74, 6) is 0.552. The van der Waals surface area contributed by atoms with E-state index in [0.717, 1.165) is 49.1 Å². The molecule has 1 aromatic carbocycles. The van der Waals surface area contributed by atoms with E-state index >= 15 is 0 Å². The standard InChI is InChI=1S/C25H31ClN6O5/c1-35-25(34)20-13-30(7-8-31(20)14-21(27)33)15-22-28-24(29-37-22)18-12-32(11-16-5-9-36-10-6-16)23-17(18)3-2-4-19(23)26/h2-4,12,16,20H,5-11,13-15H2,1H3,(H2,27,33). The van der Waals surface area contributed by atoms with E-state index in [2.05, 4.69) is 20.9 Å². The Morgan fingerprint density at radius 3 is 2.81 bits per heavy atom. The lowest BCUT2D eigenvalue weighted by Crippen LogP contribution is -2.58. The summed E-state index contributed by atoms with van der Waals surface area (Å²) in [6.45, 7) is 4.24. The number of amides is 1. The number of hydrogen-bond acceptors (Lipinski definition) is 9. The molecule has 12 heteroatoms. The van der Waals surface area contributed by atoms with Gasteiger partial charge in [-0.15, -0.1) is 0 Å². The second-order valence-corrected chi connectivity index (χ2v) is 10.0. The second-order valence-electron chi connectivity index (χ2n) is 9.61. The monoisotopic (exact) mass is 530 g/mol. The average molecular weight is 531 g/mol. The highest BCUT2D eigenvalue weighted by atomic mass is 35.5. The maximum atomic E-state index is 12.3. The van der Waals surface area contributed by atoms with Gasteiger partial charge in [-0.2, -0.15) is 4.98 Å². The number of halogens is 1. The predicted octanol–water partition coefficient (Wildman–Crippen LogP) is 1.92. The van der Waals surface area contributed by atoms with Crippen LogP contribution in [0, 0.1) is 5.92 Å². The minimum absolute atomic E-state index is 0.00117. The van der Waals surface area contributed by atoms with Crippen molar-refractivity contribution < 1.29 is 23.6 Å². The molecule has 3 aromatic rings. The van der Waals surface area contributed by atoms with Crippen LogP contribution in [0.3, 0.4) is 0 Å². The van der Waals surface area contributed by atoms with Gasteiger partial charge in [0.05, 0.1) is 30.7 Å². The molecule has 1 atom stereocenters. The van der Waals surface area contributed by atoms with Crippen LogP contribution in [0.4, 0.5) is 0 Å². The van der Waals surface area contributed by atoms with Gasteiger partial charge in [-0.3, -0.25) is 19.4 Å². The van der Waals surface area contributed by atoms with E-state index < -0.39 is 17.9 Å². The molecule has 1 unspecified atom stereocenters. The number of hydrogen-bond donors (Lipinski definition) is 1. The van der Waals surface area contributed by atoms with E-state index in [9.17, 15) is 9.59 Å². The first-order valence-electron chi connectivity index (χ1n) is 12.4. The summed E-state index contributed by atoms with van der Waals surface area (Å²) in [6, 6.07) is 5.24. The molecular weight excluding hydrogens is 500 g/mol. The highest BCUT2D eigenvalue weighted by Crippen LogP contribution is 2.34. The first-order valence-corrected chi connectivity index (χ1v) is 12.8. The van der Waals surface area contributed by atoms with E-state index in [-0.39, 0.29) is 6.54 Å². The summed E-state index contributed by atoms with van der Waals surface area (Å²) in [7, 11) is 1.33. The Morgan fingerprint density at radius 1 is 1.24 bits per heavy atom. The van der Waals surface area contributed by atoms with Crippen LogP contribution >= 0.6 is 11.6 Å². The van der Waals surface area contributed by atoms with Crippen molar-refractivity contribution in [2.24, 2.45) is 11.7 Å². The van der Waals surface area contributed by atoms with Crippen LogP contribution in [0.1, 0.15) is 18.7 Å². The van der Waals surface area contributed by atoms with Crippen molar-refractivity contribution in [2.45, 2.75) is 32.0 Å². The Morgan fingerprint density at radius 2 is 2.05 bits per heavy atom. The van der Waals surface area contributed by atoms with Crippen LogP contribution in [-0.4, -0.2) is 88.9 Å². The second kappa shape index (κ2) is 11.2. The average Bonchev–Trinajstić information content (AvgIpc) is 3.50. The number of esters is 1. The number of primary amides is 1. The SMILES string of the molecule is COC(=O)C1CN(Cc2nc(-c3cn(CC4CCOCC4)c4c(Cl)cccc34)no2)CCN1CC(N)=O. The lowest BCUT2D eigenvalue weighted by Gasteiger charge is -2.38. The Bertz CT molecular complexity index is 1270. The number of methoxy groups -OCH3 is 1. The minimum Gasteiger partial charge on any atom is -0.468 e. The number of carbonyl (C=O) groups excluding carboxylic acids is 2. The van der Waals surface area contributed by atoms with Crippen molar-refractivity contribution >= 4 is 34.4 Å².